The third-order valence-electron chi connectivity index (χ3n) is 3.91. The standard InChI is InChI=1S/C15H31NO/c1-5-8-15(4,12-16-13(2)3)11-14-6-9-17-10-7-14/h13-14,16H,5-12H2,1-4H3. The Labute approximate surface area is 108 Å². The molecule has 1 fully saturated rings. The molecular formula is C15H31NO. The minimum atomic E-state index is 0.473. The predicted molar refractivity (Wildman–Crippen MR) is 74.3 cm³/mol. The van der Waals surface area contributed by atoms with Crippen molar-refractivity contribution in [2.45, 2.75) is 65.8 Å². The van der Waals surface area contributed by atoms with E-state index < -0.39 is 0 Å². The first kappa shape index (κ1) is 15.0. The molecule has 17 heavy (non-hydrogen) atoms. The molecule has 2 nitrogen and oxygen atoms in total. The van der Waals surface area contributed by atoms with Crippen LogP contribution >= 0.6 is 0 Å². The van der Waals surface area contributed by atoms with Gasteiger partial charge < -0.3 is 10.1 Å². The zero-order valence-corrected chi connectivity index (χ0v) is 12.2. The highest BCUT2D eigenvalue weighted by Crippen LogP contribution is 2.34. The van der Waals surface area contributed by atoms with E-state index in [-0.39, 0.29) is 0 Å². The van der Waals surface area contributed by atoms with E-state index in [1.165, 1.54) is 32.1 Å². The summed E-state index contributed by atoms with van der Waals surface area (Å²) in [6, 6.07) is 0.598. The van der Waals surface area contributed by atoms with Crippen LogP contribution in [-0.4, -0.2) is 25.8 Å². The second-order valence-electron chi connectivity index (χ2n) is 6.36. The molecule has 0 spiro atoms. The third kappa shape index (κ3) is 5.87. The number of nitrogens with one attached hydrogen (secondary N) is 1. The highest BCUT2D eigenvalue weighted by atomic mass is 16.5. The predicted octanol–water partition coefficient (Wildman–Crippen LogP) is 3.61. The molecule has 0 aromatic rings. The van der Waals surface area contributed by atoms with E-state index in [9.17, 15) is 0 Å². The van der Waals surface area contributed by atoms with E-state index in [2.05, 4.69) is 33.0 Å². The average Bonchev–Trinajstić information content (AvgIpc) is 2.28. The molecule has 1 unspecified atom stereocenters. The maximum absolute atomic E-state index is 5.46. The molecule has 1 heterocycles. The first-order valence-corrected chi connectivity index (χ1v) is 7.37. The van der Waals surface area contributed by atoms with E-state index in [0.29, 0.717) is 11.5 Å². The highest BCUT2D eigenvalue weighted by molar-refractivity contribution is 4.81. The molecular weight excluding hydrogens is 210 g/mol. The van der Waals surface area contributed by atoms with Gasteiger partial charge in [0.05, 0.1) is 0 Å². The summed E-state index contributed by atoms with van der Waals surface area (Å²) in [5, 5.41) is 3.63. The fourth-order valence-electron chi connectivity index (χ4n) is 2.96. The van der Waals surface area contributed by atoms with E-state index in [1.807, 2.05) is 0 Å². The van der Waals surface area contributed by atoms with Gasteiger partial charge in [-0.05, 0) is 37.0 Å². The van der Waals surface area contributed by atoms with E-state index in [4.69, 9.17) is 4.74 Å². The fraction of sp³-hybridized carbons (Fsp3) is 1.00. The molecule has 0 saturated carbocycles. The minimum Gasteiger partial charge on any atom is -0.381 e. The second-order valence-corrected chi connectivity index (χ2v) is 6.36. The number of ether oxygens (including phenoxy) is 1. The molecule has 1 rings (SSSR count). The average molecular weight is 241 g/mol. The number of rotatable bonds is 7. The van der Waals surface area contributed by atoms with Crippen molar-refractivity contribution in [2.75, 3.05) is 19.8 Å². The van der Waals surface area contributed by atoms with E-state index >= 15 is 0 Å². The fourth-order valence-corrected chi connectivity index (χ4v) is 2.96. The lowest BCUT2D eigenvalue weighted by Crippen LogP contribution is -2.37. The summed E-state index contributed by atoms with van der Waals surface area (Å²) in [6.07, 6.45) is 6.52. The monoisotopic (exact) mass is 241 g/mol. The molecule has 0 aromatic heterocycles. The molecule has 0 bridgehead atoms. The second kappa shape index (κ2) is 7.38. The van der Waals surface area contributed by atoms with Crippen LogP contribution in [0.2, 0.25) is 0 Å². The Balaban J connectivity index is 2.43. The molecule has 0 radical (unpaired) electrons. The van der Waals surface area contributed by atoms with Gasteiger partial charge in [0.15, 0.2) is 0 Å². The molecule has 1 saturated heterocycles. The molecule has 2 heteroatoms. The van der Waals surface area contributed by atoms with Crippen LogP contribution in [-0.2, 0) is 4.74 Å². The van der Waals surface area contributed by atoms with Crippen molar-refractivity contribution >= 4 is 0 Å². The van der Waals surface area contributed by atoms with Gasteiger partial charge in [-0.25, -0.2) is 0 Å². The number of hydrogen-bond donors (Lipinski definition) is 1. The Hall–Kier alpha value is -0.0800. The summed E-state index contributed by atoms with van der Waals surface area (Å²) in [5.74, 6) is 0.884. The maximum Gasteiger partial charge on any atom is 0.0468 e. The van der Waals surface area contributed by atoms with Crippen LogP contribution in [0.1, 0.15) is 59.8 Å². The van der Waals surface area contributed by atoms with E-state index in [0.717, 1.165) is 25.7 Å². The molecule has 0 amide bonds. The lowest BCUT2D eigenvalue weighted by Gasteiger charge is -2.35. The maximum atomic E-state index is 5.46. The van der Waals surface area contributed by atoms with Crippen molar-refractivity contribution in [3.63, 3.8) is 0 Å². The summed E-state index contributed by atoms with van der Waals surface area (Å²) in [7, 11) is 0. The minimum absolute atomic E-state index is 0.473. The lowest BCUT2D eigenvalue weighted by molar-refractivity contribution is 0.0470. The first-order chi connectivity index (χ1) is 8.06. The van der Waals surface area contributed by atoms with Crippen LogP contribution in [0.25, 0.3) is 0 Å². The van der Waals surface area contributed by atoms with Gasteiger partial charge in [-0.2, -0.15) is 0 Å². The lowest BCUT2D eigenvalue weighted by atomic mass is 9.75. The Morgan fingerprint density at radius 1 is 1.29 bits per heavy atom. The third-order valence-corrected chi connectivity index (χ3v) is 3.91. The van der Waals surface area contributed by atoms with Crippen LogP contribution in [0, 0.1) is 11.3 Å². The highest BCUT2D eigenvalue weighted by Gasteiger charge is 2.28. The Bertz CT molecular complexity index is 199. The van der Waals surface area contributed by atoms with Crippen molar-refractivity contribution in [2.24, 2.45) is 11.3 Å². The summed E-state index contributed by atoms with van der Waals surface area (Å²) >= 11 is 0. The van der Waals surface area contributed by atoms with Crippen LogP contribution in [0.4, 0.5) is 0 Å². The Morgan fingerprint density at radius 2 is 1.94 bits per heavy atom. The zero-order valence-electron chi connectivity index (χ0n) is 12.2. The van der Waals surface area contributed by atoms with Gasteiger partial charge >= 0.3 is 0 Å². The van der Waals surface area contributed by atoms with Crippen molar-refractivity contribution in [3.8, 4) is 0 Å². The molecule has 1 aliphatic rings. The molecule has 1 N–H and O–H groups in total. The van der Waals surface area contributed by atoms with Gasteiger partial charge in [0, 0.05) is 25.8 Å². The Morgan fingerprint density at radius 3 is 2.47 bits per heavy atom. The quantitative estimate of drug-likeness (QED) is 0.735. The smallest absolute Gasteiger partial charge is 0.0468 e. The van der Waals surface area contributed by atoms with Crippen LogP contribution < -0.4 is 5.32 Å². The van der Waals surface area contributed by atoms with Gasteiger partial charge in [0.1, 0.15) is 0 Å². The largest absolute Gasteiger partial charge is 0.381 e. The van der Waals surface area contributed by atoms with E-state index in [1.54, 1.807) is 0 Å². The molecule has 0 aliphatic carbocycles. The molecule has 0 aromatic carbocycles. The zero-order chi connectivity index (χ0) is 12.7. The van der Waals surface area contributed by atoms with Crippen LogP contribution in [0.15, 0.2) is 0 Å². The van der Waals surface area contributed by atoms with Crippen molar-refractivity contribution in [3.05, 3.63) is 0 Å². The summed E-state index contributed by atoms with van der Waals surface area (Å²) in [6.45, 7) is 12.4. The van der Waals surface area contributed by atoms with Gasteiger partial charge in [0.25, 0.3) is 0 Å². The normalized spacial score (nSPS) is 21.7. The summed E-state index contributed by atoms with van der Waals surface area (Å²) < 4.78 is 5.46. The van der Waals surface area contributed by atoms with Gasteiger partial charge in [-0.15, -0.1) is 0 Å². The van der Waals surface area contributed by atoms with Gasteiger partial charge in [-0.3, -0.25) is 0 Å². The van der Waals surface area contributed by atoms with Crippen molar-refractivity contribution < 1.29 is 4.74 Å². The summed E-state index contributed by atoms with van der Waals surface area (Å²) in [4.78, 5) is 0. The first-order valence-electron chi connectivity index (χ1n) is 7.37. The van der Waals surface area contributed by atoms with Crippen molar-refractivity contribution in [1.29, 1.82) is 0 Å². The van der Waals surface area contributed by atoms with Crippen molar-refractivity contribution in [1.82, 2.24) is 5.32 Å². The topological polar surface area (TPSA) is 21.3 Å². The molecule has 1 atom stereocenters. The van der Waals surface area contributed by atoms with Gasteiger partial charge in [0.2, 0.25) is 0 Å². The van der Waals surface area contributed by atoms with Crippen LogP contribution in [0.3, 0.4) is 0 Å². The van der Waals surface area contributed by atoms with Crippen LogP contribution in [0.5, 0.6) is 0 Å². The Kier molecular flexibility index (Phi) is 6.50. The summed E-state index contributed by atoms with van der Waals surface area (Å²) in [5.41, 5.74) is 0.473. The SMILES string of the molecule is CCCC(C)(CNC(C)C)CC1CCOCC1. The molecule has 1 aliphatic heterocycles. The number of hydrogen-bond acceptors (Lipinski definition) is 2. The molecule has 102 valence electrons. The van der Waals surface area contributed by atoms with Gasteiger partial charge in [-0.1, -0.05) is 34.1 Å².